The minimum atomic E-state index is -0.269. The largest absolute Gasteiger partial charge is 0.345 e. The van der Waals surface area contributed by atoms with E-state index in [4.69, 9.17) is 11.6 Å². The van der Waals surface area contributed by atoms with Crippen molar-refractivity contribution in [3.63, 3.8) is 0 Å². The average Bonchev–Trinajstić information content (AvgIpc) is 3.07. The summed E-state index contributed by atoms with van der Waals surface area (Å²) in [5, 5.41) is 3.47. The average molecular weight is 378 g/mol. The van der Waals surface area contributed by atoms with Crippen LogP contribution in [0.25, 0.3) is 16.9 Å². The first kappa shape index (κ1) is 17.2. The quantitative estimate of drug-likeness (QED) is 0.588. The predicted molar refractivity (Wildman–Crippen MR) is 104 cm³/mol. The molecule has 0 spiro atoms. The Hall–Kier alpha value is -3.25. The number of hydrogen-bond acceptors (Lipinski definition) is 4. The number of nitrogens with zero attached hydrogens (tertiary/aromatic N) is 4. The van der Waals surface area contributed by atoms with Crippen LogP contribution >= 0.6 is 11.6 Å². The highest BCUT2D eigenvalue weighted by Gasteiger charge is 2.18. The monoisotopic (exact) mass is 377 g/mol. The van der Waals surface area contributed by atoms with Gasteiger partial charge in [-0.25, -0.2) is 4.98 Å². The Kier molecular flexibility index (Phi) is 4.56. The van der Waals surface area contributed by atoms with Crippen LogP contribution in [0.15, 0.2) is 61.1 Å². The number of aromatic nitrogens is 4. The number of pyridine rings is 1. The van der Waals surface area contributed by atoms with Gasteiger partial charge in [0.15, 0.2) is 5.69 Å². The molecule has 134 valence electrons. The molecule has 0 saturated heterocycles. The number of carbonyl (C=O) groups is 1. The highest BCUT2D eigenvalue weighted by molar-refractivity contribution is 6.30. The second-order valence-electron chi connectivity index (χ2n) is 6.08. The third-order valence-corrected chi connectivity index (χ3v) is 4.35. The summed E-state index contributed by atoms with van der Waals surface area (Å²) in [4.78, 5) is 25.8. The minimum absolute atomic E-state index is 0.269. The van der Waals surface area contributed by atoms with E-state index >= 15 is 0 Å². The lowest BCUT2D eigenvalue weighted by Crippen LogP contribution is -2.24. The van der Waals surface area contributed by atoms with E-state index in [1.165, 1.54) is 0 Å². The van der Waals surface area contributed by atoms with Crippen LogP contribution in [0.3, 0.4) is 0 Å². The Balaban J connectivity index is 1.67. The van der Waals surface area contributed by atoms with Crippen LogP contribution in [0.5, 0.6) is 0 Å². The van der Waals surface area contributed by atoms with Gasteiger partial charge < -0.3 is 5.32 Å². The lowest BCUT2D eigenvalue weighted by Gasteiger charge is -2.03. The summed E-state index contributed by atoms with van der Waals surface area (Å²) < 4.78 is 1.88. The van der Waals surface area contributed by atoms with Crippen LogP contribution in [-0.2, 0) is 6.54 Å². The molecule has 0 atom stereocenters. The Morgan fingerprint density at radius 2 is 2.04 bits per heavy atom. The third kappa shape index (κ3) is 3.52. The van der Waals surface area contributed by atoms with Gasteiger partial charge in [-0.1, -0.05) is 29.8 Å². The zero-order valence-corrected chi connectivity index (χ0v) is 15.3. The summed E-state index contributed by atoms with van der Waals surface area (Å²) in [7, 11) is 0. The topological polar surface area (TPSA) is 72.2 Å². The van der Waals surface area contributed by atoms with Crippen molar-refractivity contribution < 1.29 is 4.79 Å². The summed E-state index contributed by atoms with van der Waals surface area (Å²) in [5.74, 6) is 0.391. The maximum atomic E-state index is 12.7. The molecule has 0 unspecified atom stereocenters. The van der Waals surface area contributed by atoms with E-state index in [2.05, 4.69) is 20.3 Å². The van der Waals surface area contributed by atoms with Gasteiger partial charge in [0.25, 0.3) is 5.91 Å². The van der Waals surface area contributed by atoms with Gasteiger partial charge in [-0.15, -0.1) is 0 Å². The van der Waals surface area contributed by atoms with Crippen LogP contribution in [0, 0.1) is 6.92 Å². The van der Waals surface area contributed by atoms with Gasteiger partial charge in [0.2, 0.25) is 0 Å². The minimum Gasteiger partial charge on any atom is -0.345 e. The normalized spacial score (nSPS) is 10.9. The molecule has 7 heteroatoms. The fraction of sp³-hybridized carbons (Fsp3) is 0.100. The summed E-state index contributed by atoms with van der Waals surface area (Å²) in [6, 6.07) is 13.0. The number of benzene rings is 1. The lowest BCUT2D eigenvalue weighted by molar-refractivity contribution is 0.0947. The molecule has 27 heavy (non-hydrogen) atoms. The van der Waals surface area contributed by atoms with E-state index in [0.717, 1.165) is 16.8 Å². The van der Waals surface area contributed by atoms with Gasteiger partial charge in [0.1, 0.15) is 5.82 Å². The maximum Gasteiger partial charge on any atom is 0.272 e. The van der Waals surface area contributed by atoms with Gasteiger partial charge in [-0.05, 0) is 31.2 Å². The van der Waals surface area contributed by atoms with Crippen molar-refractivity contribution in [2.45, 2.75) is 13.5 Å². The van der Waals surface area contributed by atoms with Crippen molar-refractivity contribution in [3.8, 4) is 11.4 Å². The van der Waals surface area contributed by atoms with E-state index in [1.54, 1.807) is 18.5 Å². The fourth-order valence-corrected chi connectivity index (χ4v) is 2.99. The molecule has 3 heterocycles. The molecule has 1 N–H and O–H groups in total. The Morgan fingerprint density at radius 3 is 2.81 bits per heavy atom. The molecule has 3 aromatic heterocycles. The van der Waals surface area contributed by atoms with Gasteiger partial charge >= 0.3 is 0 Å². The Bertz CT molecular complexity index is 1120. The van der Waals surface area contributed by atoms with Gasteiger partial charge in [-0.2, -0.15) is 0 Å². The SMILES string of the molecule is Cc1cnc(CNC(=O)c2nc(-c3cccc(Cl)c3)n3ccccc23)cn1. The zero-order chi connectivity index (χ0) is 18.8. The van der Waals surface area contributed by atoms with Crippen LogP contribution in [-0.4, -0.2) is 25.3 Å². The fourth-order valence-electron chi connectivity index (χ4n) is 2.80. The van der Waals surface area contributed by atoms with E-state index in [1.807, 2.05) is 53.9 Å². The molecule has 0 aliphatic carbocycles. The summed E-state index contributed by atoms with van der Waals surface area (Å²) in [5.41, 5.74) is 3.43. The standard InChI is InChI=1S/C20H16ClN5O/c1-13-10-23-16(11-22-13)12-24-20(27)18-17-7-2-3-8-26(17)19(25-18)14-5-4-6-15(21)9-14/h2-11H,12H2,1H3,(H,24,27). The van der Waals surface area contributed by atoms with Gasteiger partial charge in [0, 0.05) is 23.0 Å². The number of imidazole rings is 1. The highest BCUT2D eigenvalue weighted by Crippen LogP contribution is 2.25. The number of nitrogens with one attached hydrogen (secondary N) is 1. The number of hydrogen-bond donors (Lipinski definition) is 1. The highest BCUT2D eigenvalue weighted by atomic mass is 35.5. The van der Waals surface area contributed by atoms with E-state index < -0.39 is 0 Å². The molecule has 0 aliphatic rings. The number of halogens is 1. The molecule has 0 bridgehead atoms. The van der Waals surface area contributed by atoms with Crippen LogP contribution < -0.4 is 5.32 Å². The van der Waals surface area contributed by atoms with Crippen molar-refractivity contribution in [1.29, 1.82) is 0 Å². The first-order valence-corrected chi connectivity index (χ1v) is 8.78. The van der Waals surface area contributed by atoms with Crippen LogP contribution in [0.2, 0.25) is 5.02 Å². The molecule has 4 aromatic rings. The van der Waals surface area contributed by atoms with Crippen molar-refractivity contribution in [2.24, 2.45) is 0 Å². The summed E-state index contributed by atoms with van der Waals surface area (Å²) in [6.45, 7) is 2.15. The number of amides is 1. The van der Waals surface area contributed by atoms with Gasteiger partial charge in [0.05, 0.1) is 29.6 Å². The first-order chi connectivity index (χ1) is 13.1. The van der Waals surface area contributed by atoms with Crippen LogP contribution in [0.1, 0.15) is 21.9 Å². The van der Waals surface area contributed by atoms with Crippen molar-refractivity contribution in [1.82, 2.24) is 24.7 Å². The smallest absolute Gasteiger partial charge is 0.272 e. The molecule has 0 saturated carbocycles. The number of fused-ring (bicyclic) bond motifs is 1. The van der Waals surface area contributed by atoms with Gasteiger partial charge in [-0.3, -0.25) is 19.2 Å². The molecule has 1 aromatic carbocycles. The second kappa shape index (κ2) is 7.17. The maximum absolute atomic E-state index is 12.7. The van der Waals surface area contributed by atoms with E-state index in [-0.39, 0.29) is 12.5 Å². The molecular formula is C20H16ClN5O. The van der Waals surface area contributed by atoms with Crippen LogP contribution in [0.4, 0.5) is 0 Å². The van der Waals surface area contributed by atoms with Crippen molar-refractivity contribution in [3.05, 3.63) is 83.2 Å². The molecule has 1 amide bonds. The number of carbonyl (C=O) groups excluding carboxylic acids is 1. The number of aryl methyl sites for hydroxylation is 1. The van der Waals surface area contributed by atoms with Crippen molar-refractivity contribution >= 4 is 23.0 Å². The molecule has 0 fully saturated rings. The Morgan fingerprint density at radius 1 is 1.15 bits per heavy atom. The zero-order valence-electron chi connectivity index (χ0n) is 14.6. The lowest BCUT2D eigenvalue weighted by atomic mass is 10.2. The summed E-state index contributed by atoms with van der Waals surface area (Å²) >= 11 is 6.11. The second-order valence-corrected chi connectivity index (χ2v) is 6.52. The van der Waals surface area contributed by atoms with E-state index in [0.29, 0.717) is 22.2 Å². The number of rotatable bonds is 4. The van der Waals surface area contributed by atoms with E-state index in [9.17, 15) is 4.79 Å². The molecular weight excluding hydrogens is 362 g/mol. The van der Waals surface area contributed by atoms with Crippen molar-refractivity contribution in [2.75, 3.05) is 0 Å². The third-order valence-electron chi connectivity index (χ3n) is 4.11. The molecule has 6 nitrogen and oxygen atoms in total. The Labute approximate surface area is 160 Å². The predicted octanol–water partition coefficient (Wildman–Crippen LogP) is 3.68. The molecule has 0 aliphatic heterocycles. The molecule has 4 rings (SSSR count). The summed E-state index contributed by atoms with van der Waals surface area (Å²) in [6.07, 6.45) is 5.20. The first-order valence-electron chi connectivity index (χ1n) is 8.40. The molecule has 0 radical (unpaired) electrons.